The Balaban J connectivity index is 1.55. The smallest absolute Gasteiger partial charge is 0.271 e. The number of rotatable bonds is 5. The van der Waals surface area contributed by atoms with Gasteiger partial charge < -0.3 is 15.2 Å². The molecule has 2 aromatic carbocycles. The zero-order chi connectivity index (χ0) is 21.4. The largest absolute Gasteiger partial charge is 0.506 e. The summed E-state index contributed by atoms with van der Waals surface area (Å²) in [5.41, 5.74) is -0.0684. The van der Waals surface area contributed by atoms with E-state index in [2.05, 4.69) is 5.32 Å². The van der Waals surface area contributed by atoms with Crippen molar-refractivity contribution in [2.24, 2.45) is 0 Å². The number of non-ortho nitro benzene ring substituents is 1. The fraction of sp³-hybridized carbons (Fsp3) is 0.250. The minimum absolute atomic E-state index is 0.0692. The van der Waals surface area contributed by atoms with Gasteiger partial charge in [0.2, 0.25) is 0 Å². The molecule has 0 aliphatic carbocycles. The van der Waals surface area contributed by atoms with E-state index in [1.54, 1.807) is 0 Å². The molecule has 0 bridgehead atoms. The molecule has 0 radical (unpaired) electrons. The third-order valence-corrected chi connectivity index (χ3v) is 5.08. The summed E-state index contributed by atoms with van der Waals surface area (Å²) in [6, 6.07) is 7.30. The van der Waals surface area contributed by atoms with Crippen LogP contribution in [0.3, 0.4) is 0 Å². The molecule has 30 heavy (non-hydrogen) atoms. The van der Waals surface area contributed by atoms with E-state index in [4.69, 9.17) is 4.74 Å². The van der Waals surface area contributed by atoms with E-state index in [1.165, 1.54) is 18.2 Å². The Bertz CT molecular complexity index is 1080. The van der Waals surface area contributed by atoms with Crippen molar-refractivity contribution >= 4 is 29.1 Å². The van der Waals surface area contributed by atoms with E-state index in [0.717, 1.165) is 35.9 Å². The predicted molar refractivity (Wildman–Crippen MR) is 103 cm³/mol. The summed E-state index contributed by atoms with van der Waals surface area (Å²) in [4.78, 5) is 49.2. The van der Waals surface area contributed by atoms with Gasteiger partial charge in [0.15, 0.2) is 0 Å². The van der Waals surface area contributed by atoms with E-state index in [-0.39, 0.29) is 46.5 Å². The van der Waals surface area contributed by atoms with Crippen LogP contribution in [0, 0.1) is 10.1 Å². The highest BCUT2D eigenvalue weighted by Crippen LogP contribution is 2.29. The highest BCUT2D eigenvalue weighted by Gasteiger charge is 2.38. The van der Waals surface area contributed by atoms with Gasteiger partial charge >= 0.3 is 0 Å². The van der Waals surface area contributed by atoms with Gasteiger partial charge in [-0.15, -0.1) is 0 Å². The van der Waals surface area contributed by atoms with Crippen LogP contribution in [0.25, 0.3) is 0 Å². The number of benzene rings is 2. The second-order valence-corrected chi connectivity index (χ2v) is 7.03. The van der Waals surface area contributed by atoms with Gasteiger partial charge in [-0.2, -0.15) is 0 Å². The minimum Gasteiger partial charge on any atom is -0.506 e. The quantitative estimate of drug-likeness (QED) is 0.333. The fourth-order valence-electron chi connectivity index (χ4n) is 3.52. The Labute approximate surface area is 170 Å². The number of nitro groups is 1. The van der Waals surface area contributed by atoms with Crippen LogP contribution in [0.15, 0.2) is 36.4 Å². The first-order valence-electron chi connectivity index (χ1n) is 9.26. The lowest BCUT2D eigenvalue weighted by Gasteiger charge is -2.17. The second kappa shape index (κ2) is 7.56. The second-order valence-electron chi connectivity index (χ2n) is 7.03. The molecule has 2 heterocycles. The predicted octanol–water partition coefficient (Wildman–Crippen LogP) is 2.33. The number of imide groups is 1. The van der Waals surface area contributed by atoms with Crippen LogP contribution in [-0.4, -0.2) is 51.9 Å². The summed E-state index contributed by atoms with van der Waals surface area (Å²) < 4.78 is 5.49. The van der Waals surface area contributed by atoms with Crippen molar-refractivity contribution in [3.05, 3.63) is 63.2 Å². The van der Waals surface area contributed by atoms with Gasteiger partial charge in [0.1, 0.15) is 5.75 Å². The minimum atomic E-state index is -0.688. The number of anilines is 1. The first-order valence-corrected chi connectivity index (χ1v) is 9.26. The molecule has 1 unspecified atom stereocenters. The maximum absolute atomic E-state index is 12.7. The Morgan fingerprint density at radius 2 is 1.97 bits per heavy atom. The summed E-state index contributed by atoms with van der Waals surface area (Å²) in [7, 11) is 0. The molecule has 2 aliphatic rings. The number of nitro benzene ring substituents is 1. The van der Waals surface area contributed by atoms with Crippen molar-refractivity contribution in [3.63, 3.8) is 0 Å². The monoisotopic (exact) mass is 411 g/mol. The molecule has 1 saturated heterocycles. The number of aromatic hydroxyl groups is 1. The van der Waals surface area contributed by atoms with Crippen LogP contribution in [0.1, 0.15) is 43.9 Å². The van der Waals surface area contributed by atoms with Gasteiger partial charge in [0, 0.05) is 24.3 Å². The molecule has 0 aromatic heterocycles. The van der Waals surface area contributed by atoms with E-state index < -0.39 is 22.6 Å². The number of amides is 3. The molecular formula is C20H17N3O7. The summed E-state index contributed by atoms with van der Waals surface area (Å²) >= 11 is 0. The van der Waals surface area contributed by atoms with Gasteiger partial charge in [-0.05, 0) is 37.1 Å². The number of phenols is 1. The van der Waals surface area contributed by atoms with Gasteiger partial charge in [0.05, 0.1) is 34.4 Å². The molecule has 2 aromatic rings. The summed E-state index contributed by atoms with van der Waals surface area (Å²) in [5.74, 6) is -1.97. The number of ether oxygens (including phenoxy) is 1. The van der Waals surface area contributed by atoms with E-state index in [0.29, 0.717) is 6.61 Å². The number of hydrogen-bond donors (Lipinski definition) is 2. The lowest BCUT2D eigenvalue weighted by molar-refractivity contribution is -0.384. The number of fused-ring (bicyclic) bond motifs is 1. The molecule has 0 spiro atoms. The number of nitrogens with one attached hydrogen (secondary N) is 1. The topological polar surface area (TPSA) is 139 Å². The molecule has 2 N–H and O–H groups in total. The van der Waals surface area contributed by atoms with Crippen LogP contribution in [0.2, 0.25) is 0 Å². The van der Waals surface area contributed by atoms with E-state index >= 15 is 0 Å². The van der Waals surface area contributed by atoms with Crippen molar-refractivity contribution < 1.29 is 29.2 Å². The third kappa shape index (κ3) is 3.48. The molecule has 154 valence electrons. The maximum atomic E-state index is 12.7. The summed E-state index contributed by atoms with van der Waals surface area (Å²) in [5, 5.41) is 23.1. The average molecular weight is 411 g/mol. The number of carbonyl (C=O) groups is 3. The van der Waals surface area contributed by atoms with Gasteiger partial charge in [-0.3, -0.25) is 29.4 Å². The van der Waals surface area contributed by atoms with E-state index in [1.807, 2.05) is 0 Å². The first-order chi connectivity index (χ1) is 14.3. The van der Waals surface area contributed by atoms with Gasteiger partial charge in [-0.25, -0.2) is 0 Å². The van der Waals surface area contributed by atoms with Crippen molar-refractivity contribution in [3.8, 4) is 5.75 Å². The molecular weight excluding hydrogens is 394 g/mol. The highest BCUT2D eigenvalue weighted by molar-refractivity contribution is 6.22. The molecule has 4 rings (SSSR count). The van der Waals surface area contributed by atoms with Crippen molar-refractivity contribution in [1.82, 2.24) is 4.90 Å². The lowest BCUT2D eigenvalue weighted by atomic mass is 10.1. The van der Waals surface area contributed by atoms with Crippen LogP contribution < -0.4 is 5.32 Å². The lowest BCUT2D eigenvalue weighted by Crippen LogP contribution is -2.36. The normalized spacial score (nSPS) is 17.9. The number of carbonyl (C=O) groups excluding carboxylic acids is 3. The highest BCUT2D eigenvalue weighted by atomic mass is 16.6. The molecule has 1 atom stereocenters. The summed E-state index contributed by atoms with van der Waals surface area (Å²) in [6.07, 6.45) is 1.46. The zero-order valence-corrected chi connectivity index (χ0v) is 15.7. The van der Waals surface area contributed by atoms with Gasteiger partial charge in [0.25, 0.3) is 23.4 Å². The molecule has 0 saturated carbocycles. The number of nitrogens with zero attached hydrogens (tertiary/aromatic N) is 2. The Morgan fingerprint density at radius 3 is 2.67 bits per heavy atom. The van der Waals surface area contributed by atoms with Gasteiger partial charge in [-0.1, -0.05) is 0 Å². The number of hydrogen-bond acceptors (Lipinski definition) is 7. The Morgan fingerprint density at radius 1 is 1.20 bits per heavy atom. The third-order valence-electron chi connectivity index (χ3n) is 5.08. The number of phenolic OH excluding ortho intramolecular Hbond substituents is 1. The van der Waals surface area contributed by atoms with Crippen molar-refractivity contribution in [1.29, 1.82) is 0 Å². The van der Waals surface area contributed by atoms with Crippen molar-refractivity contribution in [2.45, 2.75) is 18.9 Å². The fourth-order valence-corrected chi connectivity index (χ4v) is 3.52. The van der Waals surface area contributed by atoms with Crippen LogP contribution >= 0.6 is 0 Å². The van der Waals surface area contributed by atoms with Crippen LogP contribution in [-0.2, 0) is 4.74 Å². The average Bonchev–Trinajstić information content (AvgIpc) is 3.32. The van der Waals surface area contributed by atoms with Crippen LogP contribution in [0.4, 0.5) is 11.4 Å². The molecule has 10 heteroatoms. The van der Waals surface area contributed by atoms with E-state index in [9.17, 15) is 29.6 Å². The SMILES string of the molecule is O=C(Nc1cc([N+](=O)[O-])ccc1O)c1ccc2c(c1)C(=O)N(CC1CCCO1)C2=O. The Kier molecular flexibility index (Phi) is 4.92. The zero-order valence-electron chi connectivity index (χ0n) is 15.7. The summed E-state index contributed by atoms with van der Waals surface area (Å²) in [6.45, 7) is 0.762. The molecule has 3 amide bonds. The Hall–Kier alpha value is -3.79. The first kappa shape index (κ1) is 19.5. The van der Waals surface area contributed by atoms with Crippen LogP contribution in [0.5, 0.6) is 5.75 Å². The maximum Gasteiger partial charge on any atom is 0.271 e. The molecule has 10 nitrogen and oxygen atoms in total. The molecule has 1 fully saturated rings. The molecule has 2 aliphatic heterocycles. The standard InChI is InChI=1S/C20H17N3O7/c24-17-6-4-12(23(28)29)9-16(17)21-18(25)11-3-5-14-15(8-11)20(27)22(19(14)26)10-13-2-1-7-30-13/h3-6,8-9,13,24H,1-2,7,10H2,(H,21,25). The van der Waals surface area contributed by atoms with Crippen molar-refractivity contribution in [2.75, 3.05) is 18.5 Å².